The maximum atomic E-state index is 10.8. The SMILES string of the molecule is CCOC(=O)C(=O)/C=C(/[O-])OCC.[Na+]. The van der Waals surface area contributed by atoms with Crippen molar-refractivity contribution in [3.05, 3.63) is 12.0 Å². The summed E-state index contributed by atoms with van der Waals surface area (Å²) in [7, 11) is 0. The van der Waals surface area contributed by atoms with Gasteiger partial charge in [0, 0.05) is 6.08 Å². The summed E-state index contributed by atoms with van der Waals surface area (Å²) in [6.07, 6.45) is 0.571. The van der Waals surface area contributed by atoms with E-state index < -0.39 is 17.7 Å². The molecule has 0 N–H and O–H groups in total. The monoisotopic (exact) mass is 210 g/mol. The van der Waals surface area contributed by atoms with Gasteiger partial charge in [0.05, 0.1) is 12.6 Å². The molecule has 14 heavy (non-hydrogen) atoms. The van der Waals surface area contributed by atoms with E-state index in [-0.39, 0.29) is 42.8 Å². The summed E-state index contributed by atoms with van der Waals surface area (Å²) in [5, 5.41) is 10.7. The molecule has 0 aromatic heterocycles. The molecule has 0 saturated carbocycles. The Labute approximate surface area is 104 Å². The molecule has 0 unspecified atom stereocenters. The molecule has 0 heterocycles. The molecule has 74 valence electrons. The predicted molar refractivity (Wildman–Crippen MR) is 41.3 cm³/mol. The minimum Gasteiger partial charge on any atom is -0.613 e. The van der Waals surface area contributed by atoms with Crippen molar-refractivity contribution < 1.29 is 53.7 Å². The molecule has 0 bridgehead atoms. The topological polar surface area (TPSA) is 75.7 Å². The average molecular weight is 210 g/mol. The number of ketones is 1. The largest absolute Gasteiger partial charge is 1.00 e. The molecule has 6 heteroatoms. The first-order chi connectivity index (χ1) is 6.11. The fraction of sp³-hybridized carbons (Fsp3) is 0.500. The van der Waals surface area contributed by atoms with Crippen LogP contribution < -0.4 is 34.7 Å². The van der Waals surface area contributed by atoms with E-state index in [0.29, 0.717) is 6.08 Å². The van der Waals surface area contributed by atoms with Crippen molar-refractivity contribution in [3.63, 3.8) is 0 Å². The Morgan fingerprint density at radius 1 is 1.21 bits per heavy atom. The van der Waals surface area contributed by atoms with Crippen molar-refractivity contribution >= 4 is 11.8 Å². The van der Waals surface area contributed by atoms with Gasteiger partial charge in [0.15, 0.2) is 0 Å². The zero-order chi connectivity index (χ0) is 10.3. The minimum absolute atomic E-state index is 0. The second kappa shape index (κ2) is 9.05. The van der Waals surface area contributed by atoms with Crippen LogP contribution in [0, 0.1) is 0 Å². The maximum Gasteiger partial charge on any atom is 1.00 e. The van der Waals surface area contributed by atoms with Crippen LogP contribution >= 0.6 is 0 Å². The van der Waals surface area contributed by atoms with Crippen molar-refractivity contribution in [3.8, 4) is 0 Å². The molecule has 0 amide bonds. The van der Waals surface area contributed by atoms with E-state index in [1.54, 1.807) is 13.8 Å². The van der Waals surface area contributed by atoms with Gasteiger partial charge < -0.3 is 14.6 Å². The average Bonchev–Trinajstić information content (AvgIpc) is 2.05. The zero-order valence-electron chi connectivity index (χ0n) is 8.53. The number of hydrogen-bond acceptors (Lipinski definition) is 5. The van der Waals surface area contributed by atoms with Crippen LogP contribution in [0.1, 0.15) is 13.8 Å². The smallest absolute Gasteiger partial charge is 0.613 e. The van der Waals surface area contributed by atoms with Gasteiger partial charge in [-0.1, -0.05) is 6.92 Å². The van der Waals surface area contributed by atoms with E-state index >= 15 is 0 Å². The molecule has 0 aliphatic rings. The van der Waals surface area contributed by atoms with E-state index in [0.717, 1.165) is 0 Å². The quantitative estimate of drug-likeness (QED) is 0.154. The molecule has 0 spiro atoms. The third-order valence-electron chi connectivity index (χ3n) is 1.01. The summed E-state index contributed by atoms with van der Waals surface area (Å²) < 4.78 is 8.77. The fourth-order valence-corrected chi connectivity index (χ4v) is 0.552. The normalized spacial score (nSPS) is 10.0. The summed E-state index contributed by atoms with van der Waals surface area (Å²) in [6, 6.07) is 0. The van der Waals surface area contributed by atoms with Crippen LogP contribution in [-0.2, 0) is 19.1 Å². The van der Waals surface area contributed by atoms with Gasteiger partial charge in [0.25, 0.3) is 5.78 Å². The van der Waals surface area contributed by atoms with Gasteiger partial charge in [-0.3, -0.25) is 4.79 Å². The van der Waals surface area contributed by atoms with E-state index in [9.17, 15) is 14.7 Å². The number of carbonyl (C=O) groups is 2. The Bertz CT molecular complexity index is 224. The summed E-state index contributed by atoms with van der Waals surface area (Å²) in [5.41, 5.74) is 0. The molecule has 0 aliphatic heterocycles. The van der Waals surface area contributed by atoms with E-state index in [1.807, 2.05) is 0 Å². The Hall–Kier alpha value is -0.520. The molecule has 0 aliphatic carbocycles. The van der Waals surface area contributed by atoms with Gasteiger partial charge in [-0.25, -0.2) is 4.79 Å². The first-order valence-corrected chi connectivity index (χ1v) is 3.84. The van der Waals surface area contributed by atoms with Crippen LogP contribution in [0.3, 0.4) is 0 Å². The summed E-state index contributed by atoms with van der Waals surface area (Å²) >= 11 is 0. The van der Waals surface area contributed by atoms with Crippen molar-refractivity contribution in [2.24, 2.45) is 0 Å². The third-order valence-corrected chi connectivity index (χ3v) is 1.01. The number of carbonyl (C=O) groups excluding carboxylic acids is 2. The molecular weight excluding hydrogens is 199 g/mol. The van der Waals surface area contributed by atoms with Gasteiger partial charge in [0.2, 0.25) is 0 Å². The molecule has 0 saturated heterocycles. The number of esters is 1. The van der Waals surface area contributed by atoms with Crippen LogP contribution in [0.5, 0.6) is 0 Å². The van der Waals surface area contributed by atoms with E-state index in [4.69, 9.17) is 0 Å². The van der Waals surface area contributed by atoms with Crippen molar-refractivity contribution in [2.45, 2.75) is 13.8 Å². The Kier molecular flexibility index (Phi) is 10.3. The van der Waals surface area contributed by atoms with Crippen LogP contribution in [0.4, 0.5) is 0 Å². The van der Waals surface area contributed by atoms with E-state index in [2.05, 4.69) is 9.47 Å². The summed E-state index contributed by atoms with van der Waals surface area (Å²) in [5.74, 6) is -2.88. The Morgan fingerprint density at radius 3 is 2.14 bits per heavy atom. The Morgan fingerprint density at radius 2 is 1.71 bits per heavy atom. The van der Waals surface area contributed by atoms with Crippen LogP contribution in [-0.4, -0.2) is 25.0 Å². The molecule has 0 aromatic rings. The van der Waals surface area contributed by atoms with Crippen molar-refractivity contribution in [1.29, 1.82) is 0 Å². The predicted octanol–water partition coefficient (Wildman–Crippen LogP) is -3.64. The number of rotatable bonds is 5. The zero-order valence-corrected chi connectivity index (χ0v) is 10.5. The third kappa shape index (κ3) is 6.94. The summed E-state index contributed by atoms with van der Waals surface area (Å²) in [4.78, 5) is 21.5. The van der Waals surface area contributed by atoms with Crippen molar-refractivity contribution in [2.75, 3.05) is 13.2 Å². The first kappa shape index (κ1) is 15.9. The molecule has 0 rings (SSSR count). The van der Waals surface area contributed by atoms with Crippen molar-refractivity contribution in [1.82, 2.24) is 0 Å². The van der Waals surface area contributed by atoms with Gasteiger partial charge in [-0.05, 0) is 13.5 Å². The van der Waals surface area contributed by atoms with E-state index in [1.165, 1.54) is 0 Å². The fourth-order valence-electron chi connectivity index (χ4n) is 0.552. The van der Waals surface area contributed by atoms with Gasteiger partial charge in [-0.15, -0.1) is 0 Å². The van der Waals surface area contributed by atoms with Crippen LogP contribution in [0.15, 0.2) is 12.0 Å². The molecule has 0 radical (unpaired) electrons. The molecule has 0 aromatic carbocycles. The molecule has 0 atom stereocenters. The Balaban J connectivity index is 0. The van der Waals surface area contributed by atoms with Gasteiger partial charge in [0.1, 0.15) is 0 Å². The minimum atomic E-state index is -1.05. The first-order valence-electron chi connectivity index (χ1n) is 3.84. The maximum absolute atomic E-state index is 10.8. The van der Waals surface area contributed by atoms with Gasteiger partial charge in [-0.2, -0.15) is 0 Å². The van der Waals surface area contributed by atoms with Crippen LogP contribution in [0.2, 0.25) is 0 Å². The second-order valence-corrected chi connectivity index (χ2v) is 1.98. The second-order valence-electron chi connectivity index (χ2n) is 1.98. The standard InChI is InChI=1S/C8H12O5.Na/c1-3-12-7(10)5-6(9)8(11)13-4-2;/h5,10H,3-4H2,1-2H3;/q;+1/p-1/b7-5-;. The molecular formula is C8H11NaO5. The molecule has 0 fully saturated rings. The van der Waals surface area contributed by atoms with Crippen LogP contribution in [0.25, 0.3) is 0 Å². The molecule has 5 nitrogen and oxygen atoms in total. The van der Waals surface area contributed by atoms with Gasteiger partial charge >= 0.3 is 35.5 Å². The number of hydrogen-bond donors (Lipinski definition) is 0. The summed E-state index contributed by atoms with van der Waals surface area (Å²) in [6.45, 7) is 3.42. The number of ether oxygens (including phenoxy) is 2.